The Bertz CT molecular complexity index is 629. The Kier molecular flexibility index (Phi) is 4.63. The Balaban J connectivity index is 2.22. The summed E-state index contributed by atoms with van der Waals surface area (Å²) >= 11 is 0. The lowest BCUT2D eigenvalue weighted by Gasteiger charge is -2.21. The molecule has 0 bridgehead atoms. The lowest BCUT2D eigenvalue weighted by atomic mass is 10.1. The van der Waals surface area contributed by atoms with Crippen molar-refractivity contribution in [3.05, 3.63) is 64.7 Å². The molecule has 0 spiro atoms. The molecule has 0 saturated heterocycles. The normalized spacial score (nSPS) is 10.4. The van der Waals surface area contributed by atoms with Gasteiger partial charge in [0, 0.05) is 24.3 Å². The SMILES string of the molecule is CCN(Cc1cccc(N)c1)C(=O)c1cc(C)cc(C)c1. The molecule has 2 aromatic rings. The number of carbonyl (C=O) groups is 1. The molecular weight excluding hydrogens is 260 g/mol. The van der Waals surface area contributed by atoms with Crippen molar-refractivity contribution in [2.75, 3.05) is 12.3 Å². The van der Waals surface area contributed by atoms with Crippen molar-refractivity contribution >= 4 is 11.6 Å². The maximum absolute atomic E-state index is 12.7. The van der Waals surface area contributed by atoms with Crippen molar-refractivity contribution in [1.82, 2.24) is 4.90 Å². The monoisotopic (exact) mass is 282 g/mol. The summed E-state index contributed by atoms with van der Waals surface area (Å²) in [5.41, 5.74) is 10.5. The van der Waals surface area contributed by atoms with Crippen LogP contribution in [0.3, 0.4) is 0 Å². The molecule has 0 atom stereocenters. The second-order valence-electron chi connectivity index (χ2n) is 5.44. The number of aryl methyl sites for hydroxylation is 2. The molecule has 0 radical (unpaired) electrons. The van der Waals surface area contributed by atoms with Gasteiger partial charge in [0.2, 0.25) is 0 Å². The molecule has 0 unspecified atom stereocenters. The lowest BCUT2D eigenvalue weighted by Crippen LogP contribution is -2.30. The fourth-order valence-corrected chi connectivity index (χ4v) is 2.52. The number of rotatable bonds is 4. The zero-order valence-corrected chi connectivity index (χ0v) is 12.9. The molecule has 2 aromatic carbocycles. The largest absolute Gasteiger partial charge is 0.399 e. The van der Waals surface area contributed by atoms with Crippen LogP contribution in [0, 0.1) is 13.8 Å². The minimum Gasteiger partial charge on any atom is -0.399 e. The number of hydrogen-bond donors (Lipinski definition) is 1. The van der Waals surface area contributed by atoms with Gasteiger partial charge in [-0.25, -0.2) is 0 Å². The number of benzene rings is 2. The first kappa shape index (κ1) is 15.1. The van der Waals surface area contributed by atoms with E-state index in [9.17, 15) is 4.79 Å². The highest BCUT2D eigenvalue weighted by Crippen LogP contribution is 2.15. The number of nitrogens with zero attached hydrogens (tertiary/aromatic N) is 1. The zero-order valence-electron chi connectivity index (χ0n) is 12.9. The molecule has 0 aliphatic carbocycles. The van der Waals surface area contributed by atoms with Crippen LogP contribution >= 0.6 is 0 Å². The number of carbonyl (C=O) groups excluding carboxylic acids is 1. The fraction of sp³-hybridized carbons (Fsp3) is 0.278. The van der Waals surface area contributed by atoms with Gasteiger partial charge in [-0.2, -0.15) is 0 Å². The Hall–Kier alpha value is -2.29. The number of anilines is 1. The van der Waals surface area contributed by atoms with Crippen molar-refractivity contribution in [2.24, 2.45) is 0 Å². The summed E-state index contributed by atoms with van der Waals surface area (Å²) in [5.74, 6) is 0.0618. The standard InChI is InChI=1S/C18H22N2O/c1-4-20(12-15-6-5-7-17(19)11-15)18(21)16-9-13(2)8-14(3)10-16/h5-11H,4,12,19H2,1-3H3. The molecule has 1 amide bonds. The van der Waals surface area contributed by atoms with E-state index >= 15 is 0 Å². The van der Waals surface area contributed by atoms with Gasteiger partial charge in [0.05, 0.1) is 0 Å². The first-order valence-electron chi connectivity index (χ1n) is 7.21. The second kappa shape index (κ2) is 6.44. The van der Waals surface area contributed by atoms with Gasteiger partial charge in [0.1, 0.15) is 0 Å². The molecule has 21 heavy (non-hydrogen) atoms. The van der Waals surface area contributed by atoms with Crippen LogP contribution < -0.4 is 5.73 Å². The molecule has 0 heterocycles. The minimum atomic E-state index is 0.0618. The maximum Gasteiger partial charge on any atom is 0.254 e. The van der Waals surface area contributed by atoms with Crippen molar-refractivity contribution in [1.29, 1.82) is 0 Å². The van der Waals surface area contributed by atoms with Gasteiger partial charge in [-0.3, -0.25) is 4.79 Å². The Labute approximate surface area is 126 Å². The highest BCUT2D eigenvalue weighted by atomic mass is 16.2. The molecule has 0 saturated carbocycles. The Morgan fingerprint density at radius 3 is 2.33 bits per heavy atom. The highest BCUT2D eigenvalue weighted by molar-refractivity contribution is 5.94. The van der Waals surface area contributed by atoms with E-state index in [2.05, 4.69) is 6.07 Å². The van der Waals surface area contributed by atoms with Crippen LogP contribution in [0.15, 0.2) is 42.5 Å². The topological polar surface area (TPSA) is 46.3 Å². The lowest BCUT2D eigenvalue weighted by molar-refractivity contribution is 0.0752. The average Bonchev–Trinajstić information content (AvgIpc) is 2.43. The summed E-state index contributed by atoms with van der Waals surface area (Å²) in [5, 5.41) is 0. The summed E-state index contributed by atoms with van der Waals surface area (Å²) in [6.07, 6.45) is 0. The average molecular weight is 282 g/mol. The molecule has 3 heteroatoms. The van der Waals surface area contributed by atoms with E-state index in [1.54, 1.807) is 0 Å². The summed E-state index contributed by atoms with van der Waals surface area (Å²) in [7, 11) is 0. The summed E-state index contributed by atoms with van der Waals surface area (Å²) in [4.78, 5) is 14.5. The Morgan fingerprint density at radius 2 is 1.76 bits per heavy atom. The van der Waals surface area contributed by atoms with Gasteiger partial charge in [-0.1, -0.05) is 29.3 Å². The Morgan fingerprint density at radius 1 is 1.10 bits per heavy atom. The first-order chi connectivity index (χ1) is 9.99. The molecule has 3 nitrogen and oxygen atoms in total. The van der Waals surface area contributed by atoms with Crippen LogP contribution in [0.4, 0.5) is 5.69 Å². The van der Waals surface area contributed by atoms with E-state index < -0.39 is 0 Å². The smallest absolute Gasteiger partial charge is 0.254 e. The first-order valence-corrected chi connectivity index (χ1v) is 7.21. The molecule has 0 aliphatic rings. The van der Waals surface area contributed by atoms with Crippen LogP contribution in [-0.2, 0) is 6.54 Å². The van der Waals surface area contributed by atoms with E-state index in [0.717, 1.165) is 27.9 Å². The van der Waals surface area contributed by atoms with Gasteiger partial charge in [-0.15, -0.1) is 0 Å². The molecule has 0 aliphatic heterocycles. The van der Waals surface area contributed by atoms with Crippen molar-refractivity contribution in [3.8, 4) is 0 Å². The number of nitrogens with two attached hydrogens (primary N) is 1. The number of amides is 1. The summed E-state index contributed by atoms with van der Waals surface area (Å²) in [6.45, 7) is 7.26. The van der Waals surface area contributed by atoms with Crippen LogP contribution in [-0.4, -0.2) is 17.4 Å². The third-order valence-corrected chi connectivity index (χ3v) is 3.46. The van der Waals surface area contributed by atoms with Crippen LogP contribution in [0.25, 0.3) is 0 Å². The van der Waals surface area contributed by atoms with Crippen LogP contribution in [0.5, 0.6) is 0 Å². The third-order valence-electron chi connectivity index (χ3n) is 3.46. The summed E-state index contributed by atoms with van der Waals surface area (Å²) < 4.78 is 0. The van der Waals surface area contributed by atoms with Gasteiger partial charge in [0.25, 0.3) is 5.91 Å². The van der Waals surface area contributed by atoms with Crippen LogP contribution in [0.1, 0.15) is 34.0 Å². The molecule has 2 rings (SSSR count). The van der Waals surface area contributed by atoms with Gasteiger partial charge >= 0.3 is 0 Å². The van der Waals surface area contributed by atoms with Gasteiger partial charge in [-0.05, 0) is 50.6 Å². The molecule has 110 valence electrons. The predicted octanol–water partition coefficient (Wildman–Crippen LogP) is 3.55. The van der Waals surface area contributed by atoms with E-state index in [0.29, 0.717) is 13.1 Å². The second-order valence-corrected chi connectivity index (χ2v) is 5.44. The van der Waals surface area contributed by atoms with E-state index in [1.807, 2.05) is 62.1 Å². The highest BCUT2D eigenvalue weighted by Gasteiger charge is 2.15. The minimum absolute atomic E-state index is 0.0618. The number of hydrogen-bond acceptors (Lipinski definition) is 2. The molecule has 0 fully saturated rings. The molecule has 0 aromatic heterocycles. The maximum atomic E-state index is 12.7. The predicted molar refractivity (Wildman–Crippen MR) is 87.2 cm³/mol. The van der Waals surface area contributed by atoms with Crippen molar-refractivity contribution in [2.45, 2.75) is 27.3 Å². The third kappa shape index (κ3) is 3.85. The quantitative estimate of drug-likeness (QED) is 0.872. The van der Waals surface area contributed by atoms with E-state index in [4.69, 9.17) is 5.73 Å². The van der Waals surface area contributed by atoms with Crippen molar-refractivity contribution < 1.29 is 4.79 Å². The zero-order chi connectivity index (χ0) is 15.4. The van der Waals surface area contributed by atoms with Crippen molar-refractivity contribution in [3.63, 3.8) is 0 Å². The fourth-order valence-electron chi connectivity index (χ4n) is 2.52. The summed E-state index contributed by atoms with van der Waals surface area (Å²) in [6, 6.07) is 13.6. The van der Waals surface area contributed by atoms with Crippen LogP contribution in [0.2, 0.25) is 0 Å². The van der Waals surface area contributed by atoms with E-state index in [-0.39, 0.29) is 5.91 Å². The molecule has 2 N–H and O–H groups in total. The molecular formula is C18H22N2O. The van der Waals surface area contributed by atoms with E-state index in [1.165, 1.54) is 0 Å². The number of nitrogen functional groups attached to an aromatic ring is 1. The van der Waals surface area contributed by atoms with Gasteiger partial charge in [0.15, 0.2) is 0 Å². The van der Waals surface area contributed by atoms with Gasteiger partial charge < -0.3 is 10.6 Å².